The molecule has 134 valence electrons. The summed E-state index contributed by atoms with van der Waals surface area (Å²) < 4.78 is 20.2. The maximum Gasteiger partial charge on any atom is 0.244 e. The van der Waals surface area contributed by atoms with Crippen molar-refractivity contribution in [1.82, 2.24) is 14.7 Å². The number of likely N-dealkylation sites (N-methyl/N-ethyl adjacent to an activating group) is 1. The molecule has 0 saturated heterocycles. The number of benzene rings is 2. The first kappa shape index (κ1) is 17.6. The monoisotopic (exact) mass is 355 g/mol. The van der Waals surface area contributed by atoms with Gasteiger partial charge in [0, 0.05) is 19.0 Å². The summed E-state index contributed by atoms with van der Waals surface area (Å²) in [6.07, 6.45) is 1.20. The molecule has 1 aromatic heterocycles. The Labute approximate surface area is 149 Å². The smallest absolute Gasteiger partial charge is 0.244 e. The number of ether oxygens (including phenoxy) is 1. The van der Waals surface area contributed by atoms with Gasteiger partial charge in [0.2, 0.25) is 11.3 Å². The molecule has 0 spiro atoms. The number of hydrogen-bond acceptors (Lipinski definition) is 4. The van der Waals surface area contributed by atoms with Crippen molar-refractivity contribution >= 4 is 16.8 Å². The molecule has 0 N–H and O–H groups in total. The minimum atomic E-state index is -0.473. The van der Waals surface area contributed by atoms with Gasteiger partial charge >= 0.3 is 0 Å². The summed E-state index contributed by atoms with van der Waals surface area (Å²) in [5, 5.41) is 4.56. The van der Waals surface area contributed by atoms with Crippen molar-refractivity contribution in [1.29, 1.82) is 0 Å². The molecule has 26 heavy (non-hydrogen) atoms. The van der Waals surface area contributed by atoms with Crippen LogP contribution in [0, 0.1) is 5.82 Å². The Balaban J connectivity index is 1.77. The normalized spacial score (nSPS) is 10.7. The fourth-order valence-electron chi connectivity index (χ4n) is 2.71. The van der Waals surface area contributed by atoms with Crippen LogP contribution >= 0.6 is 0 Å². The Morgan fingerprint density at radius 3 is 2.77 bits per heavy atom. The van der Waals surface area contributed by atoms with Crippen LogP contribution in [0.25, 0.3) is 10.9 Å². The van der Waals surface area contributed by atoms with Crippen molar-refractivity contribution in [3.8, 4) is 5.75 Å². The number of para-hydroxylation sites is 1. The van der Waals surface area contributed by atoms with Crippen molar-refractivity contribution in [2.75, 3.05) is 14.2 Å². The average Bonchev–Trinajstić information content (AvgIpc) is 2.64. The summed E-state index contributed by atoms with van der Waals surface area (Å²) in [6.45, 7) is 0.230. The van der Waals surface area contributed by atoms with Gasteiger partial charge in [-0.2, -0.15) is 5.10 Å². The molecule has 1 amide bonds. The third kappa shape index (κ3) is 3.56. The number of amides is 1. The lowest BCUT2D eigenvalue weighted by atomic mass is 10.2. The van der Waals surface area contributed by atoms with Gasteiger partial charge in [0.15, 0.2) is 11.6 Å². The fraction of sp³-hybridized carbons (Fsp3) is 0.211. The van der Waals surface area contributed by atoms with Crippen LogP contribution in [-0.2, 0) is 17.9 Å². The SMILES string of the molecule is COc1ccc(CN(C)C(=O)Cn2ncc(=O)c3ccccc32)cc1F. The molecule has 0 fully saturated rings. The Morgan fingerprint density at radius 1 is 1.27 bits per heavy atom. The van der Waals surface area contributed by atoms with Gasteiger partial charge in [-0.1, -0.05) is 18.2 Å². The van der Waals surface area contributed by atoms with E-state index in [4.69, 9.17) is 4.74 Å². The van der Waals surface area contributed by atoms with E-state index in [0.717, 1.165) is 0 Å². The zero-order chi connectivity index (χ0) is 18.7. The van der Waals surface area contributed by atoms with E-state index in [2.05, 4.69) is 5.10 Å². The van der Waals surface area contributed by atoms with Crippen molar-refractivity contribution in [2.45, 2.75) is 13.1 Å². The van der Waals surface area contributed by atoms with Crippen LogP contribution in [0.3, 0.4) is 0 Å². The largest absolute Gasteiger partial charge is 0.494 e. The molecular formula is C19H18FN3O3. The first-order valence-corrected chi connectivity index (χ1v) is 8.01. The van der Waals surface area contributed by atoms with E-state index < -0.39 is 5.82 Å². The number of aromatic nitrogens is 2. The van der Waals surface area contributed by atoms with Gasteiger partial charge in [-0.15, -0.1) is 0 Å². The van der Waals surface area contributed by atoms with Gasteiger partial charge in [-0.3, -0.25) is 14.3 Å². The molecule has 0 unspecified atom stereocenters. The number of hydrogen-bond donors (Lipinski definition) is 0. The maximum atomic E-state index is 13.8. The zero-order valence-corrected chi connectivity index (χ0v) is 14.5. The molecule has 0 aliphatic heterocycles. The molecule has 7 heteroatoms. The topological polar surface area (TPSA) is 64.4 Å². The first-order chi connectivity index (χ1) is 12.5. The van der Waals surface area contributed by atoms with Crippen LogP contribution in [-0.4, -0.2) is 34.7 Å². The van der Waals surface area contributed by atoms with Crippen molar-refractivity contribution in [3.63, 3.8) is 0 Å². The molecule has 0 aliphatic carbocycles. The van der Waals surface area contributed by atoms with Crippen LogP contribution in [0.15, 0.2) is 53.5 Å². The number of carbonyl (C=O) groups excluding carboxylic acids is 1. The van der Waals surface area contributed by atoms with Crippen LogP contribution in [0.4, 0.5) is 4.39 Å². The van der Waals surface area contributed by atoms with Gasteiger partial charge in [0.25, 0.3) is 0 Å². The molecule has 0 saturated carbocycles. The predicted octanol–water partition coefficient (Wildman–Crippen LogP) is 2.20. The van der Waals surface area contributed by atoms with Gasteiger partial charge in [0.1, 0.15) is 6.54 Å². The van der Waals surface area contributed by atoms with E-state index in [9.17, 15) is 14.0 Å². The lowest BCUT2D eigenvalue weighted by Gasteiger charge is -2.19. The second kappa shape index (κ2) is 7.35. The number of methoxy groups -OCH3 is 1. The predicted molar refractivity (Wildman–Crippen MR) is 95.4 cm³/mol. The Kier molecular flexibility index (Phi) is 4.97. The average molecular weight is 355 g/mol. The minimum absolute atomic E-state index is 0.0179. The Morgan fingerprint density at radius 2 is 2.04 bits per heavy atom. The van der Waals surface area contributed by atoms with Crippen LogP contribution in [0.5, 0.6) is 5.75 Å². The Hall–Kier alpha value is -3.22. The molecule has 1 heterocycles. The highest BCUT2D eigenvalue weighted by Crippen LogP contribution is 2.18. The second-order valence-corrected chi connectivity index (χ2v) is 5.90. The van der Waals surface area contributed by atoms with E-state index in [1.54, 1.807) is 37.4 Å². The molecule has 3 aromatic rings. The molecule has 3 rings (SSSR count). The summed E-state index contributed by atoms with van der Waals surface area (Å²) in [5.74, 6) is -0.520. The number of halogens is 1. The third-order valence-electron chi connectivity index (χ3n) is 4.11. The fourth-order valence-corrected chi connectivity index (χ4v) is 2.71. The summed E-state index contributed by atoms with van der Waals surface area (Å²) in [7, 11) is 3.03. The Bertz CT molecular complexity index is 1020. The maximum absolute atomic E-state index is 13.8. The zero-order valence-electron chi connectivity index (χ0n) is 14.5. The quantitative estimate of drug-likeness (QED) is 0.704. The summed E-state index contributed by atoms with van der Waals surface area (Å²) in [6, 6.07) is 11.6. The van der Waals surface area contributed by atoms with Crippen molar-refractivity contribution in [2.24, 2.45) is 0 Å². The van der Waals surface area contributed by atoms with Crippen molar-refractivity contribution < 1.29 is 13.9 Å². The standard InChI is InChI=1S/C19H18FN3O3/c1-22(11-13-7-8-18(26-2)15(20)9-13)19(25)12-23-16-6-4-3-5-14(16)17(24)10-21-23/h3-10H,11-12H2,1-2H3. The molecule has 0 aliphatic rings. The number of fused-ring (bicyclic) bond motifs is 1. The van der Waals surface area contributed by atoms with Gasteiger partial charge in [-0.25, -0.2) is 4.39 Å². The minimum Gasteiger partial charge on any atom is -0.494 e. The summed E-state index contributed by atoms with van der Waals surface area (Å²) in [5.41, 5.74) is 1.06. The molecular weight excluding hydrogens is 337 g/mol. The molecule has 0 atom stereocenters. The highest BCUT2D eigenvalue weighted by atomic mass is 19.1. The van der Waals surface area contributed by atoms with Gasteiger partial charge < -0.3 is 9.64 Å². The van der Waals surface area contributed by atoms with Gasteiger partial charge in [0.05, 0.1) is 18.8 Å². The number of carbonyl (C=O) groups is 1. The highest BCUT2D eigenvalue weighted by Gasteiger charge is 2.13. The molecule has 0 bridgehead atoms. The third-order valence-corrected chi connectivity index (χ3v) is 4.11. The summed E-state index contributed by atoms with van der Waals surface area (Å²) >= 11 is 0. The molecule has 0 radical (unpaired) electrons. The first-order valence-electron chi connectivity index (χ1n) is 8.01. The lowest BCUT2D eigenvalue weighted by Crippen LogP contribution is -2.31. The molecule has 2 aromatic carbocycles. The highest BCUT2D eigenvalue weighted by molar-refractivity contribution is 5.81. The lowest BCUT2D eigenvalue weighted by molar-refractivity contribution is -0.131. The number of rotatable bonds is 5. The second-order valence-electron chi connectivity index (χ2n) is 5.90. The van der Waals surface area contributed by atoms with E-state index in [-0.39, 0.29) is 30.2 Å². The van der Waals surface area contributed by atoms with Crippen LogP contribution in [0.1, 0.15) is 5.56 Å². The van der Waals surface area contributed by atoms with Crippen LogP contribution in [0.2, 0.25) is 0 Å². The summed E-state index contributed by atoms with van der Waals surface area (Å²) in [4.78, 5) is 25.9. The number of nitrogens with zero attached hydrogens (tertiary/aromatic N) is 3. The van der Waals surface area contributed by atoms with E-state index in [0.29, 0.717) is 16.5 Å². The van der Waals surface area contributed by atoms with E-state index in [1.807, 2.05) is 0 Å². The van der Waals surface area contributed by atoms with E-state index in [1.165, 1.54) is 35.0 Å². The molecule has 6 nitrogen and oxygen atoms in total. The van der Waals surface area contributed by atoms with E-state index >= 15 is 0 Å². The van der Waals surface area contributed by atoms with Crippen LogP contribution < -0.4 is 10.2 Å². The van der Waals surface area contributed by atoms with Gasteiger partial charge in [-0.05, 0) is 29.8 Å². The van der Waals surface area contributed by atoms with Crippen molar-refractivity contribution in [3.05, 3.63) is 70.3 Å².